The van der Waals surface area contributed by atoms with E-state index in [1.54, 1.807) is 25.3 Å². The highest BCUT2D eigenvalue weighted by atomic mass is 16.3. The third-order valence-corrected chi connectivity index (χ3v) is 1.33. The normalized spacial score (nSPS) is 12.5. The molecule has 0 fully saturated rings. The molecule has 13 heavy (non-hydrogen) atoms. The molecule has 1 atom stereocenters. The molecule has 2 nitrogen and oxygen atoms in total. The zero-order valence-corrected chi connectivity index (χ0v) is 8.88. The Balaban J connectivity index is 0. The Labute approximate surface area is 81.7 Å². The zero-order chi connectivity index (χ0) is 10.7. The summed E-state index contributed by atoms with van der Waals surface area (Å²) in [7, 11) is 1.79. The summed E-state index contributed by atoms with van der Waals surface area (Å²) in [6, 6.07) is 0. The topological polar surface area (TPSA) is 32.3 Å². The fourth-order valence-electron chi connectivity index (χ4n) is 0.762. The maximum absolute atomic E-state index is 9.39. The van der Waals surface area contributed by atoms with Gasteiger partial charge in [0.2, 0.25) is 0 Å². The van der Waals surface area contributed by atoms with Gasteiger partial charge >= 0.3 is 0 Å². The first kappa shape index (κ1) is 14.7. The number of hydrogen-bond acceptors (Lipinski definition) is 2. The second-order valence-electron chi connectivity index (χ2n) is 2.18. The highest BCUT2D eigenvalue weighted by Gasteiger charge is 2.03. The summed E-state index contributed by atoms with van der Waals surface area (Å²) in [5, 5.41) is 12.3. The van der Waals surface area contributed by atoms with Crippen LogP contribution in [0, 0.1) is 0 Å². The summed E-state index contributed by atoms with van der Waals surface area (Å²) < 4.78 is 0. The van der Waals surface area contributed by atoms with Gasteiger partial charge in [-0.05, 0) is 12.6 Å². The number of likely N-dealkylation sites (N-methyl/N-ethyl adjacent to an activating group) is 1. The summed E-state index contributed by atoms with van der Waals surface area (Å²) in [6.45, 7) is 11.6. The predicted octanol–water partition coefficient (Wildman–Crippen LogP) is 1.89. The van der Waals surface area contributed by atoms with Gasteiger partial charge in [0.05, 0.1) is 6.10 Å². The number of allylic oxidation sites excluding steroid dienone is 2. The van der Waals surface area contributed by atoms with Gasteiger partial charge in [0.15, 0.2) is 0 Å². The van der Waals surface area contributed by atoms with Crippen LogP contribution in [-0.2, 0) is 0 Å². The number of rotatable bonds is 5. The molecule has 0 aromatic heterocycles. The average molecular weight is 183 g/mol. The summed E-state index contributed by atoms with van der Waals surface area (Å²) in [4.78, 5) is 0. The van der Waals surface area contributed by atoms with Crippen molar-refractivity contribution >= 4 is 0 Å². The molecular weight excluding hydrogens is 162 g/mol. The maximum atomic E-state index is 9.39. The van der Waals surface area contributed by atoms with Crippen LogP contribution >= 0.6 is 0 Å². The molecule has 0 aromatic rings. The minimum atomic E-state index is -0.490. The van der Waals surface area contributed by atoms with E-state index in [0.717, 1.165) is 5.57 Å². The summed E-state index contributed by atoms with van der Waals surface area (Å²) in [5.74, 6) is 0. The monoisotopic (exact) mass is 183 g/mol. The van der Waals surface area contributed by atoms with Crippen LogP contribution < -0.4 is 5.32 Å². The molecule has 0 heterocycles. The van der Waals surface area contributed by atoms with E-state index in [1.807, 2.05) is 13.8 Å². The first-order valence-electron chi connectivity index (χ1n) is 4.54. The Morgan fingerprint density at radius 1 is 1.46 bits per heavy atom. The van der Waals surface area contributed by atoms with E-state index in [4.69, 9.17) is 0 Å². The van der Waals surface area contributed by atoms with Crippen LogP contribution in [0.1, 0.15) is 13.8 Å². The molecule has 76 valence electrons. The summed E-state index contributed by atoms with van der Waals surface area (Å²) in [6.07, 6.45) is 4.52. The summed E-state index contributed by atoms with van der Waals surface area (Å²) >= 11 is 0. The lowest BCUT2D eigenvalue weighted by Gasteiger charge is -2.09. The van der Waals surface area contributed by atoms with E-state index in [2.05, 4.69) is 18.5 Å². The van der Waals surface area contributed by atoms with Crippen molar-refractivity contribution in [1.29, 1.82) is 0 Å². The third kappa shape index (κ3) is 7.50. The Morgan fingerprint density at radius 3 is 2.31 bits per heavy atom. The van der Waals surface area contributed by atoms with Crippen molar-refractivity contribution in [3.8, 4) is 0 Å². The van der Waals surface area contributed by atoms with Crippen molar-refractivity contribution in [2.45, 2.75) is 20.0 Å². The summed E-state index contributed by atoms with van der Waals surface area (Å²) in [5.41, 5.74) is 0.786. The molecule has 0 aliphatic carbocycles. The molecular formula is C11H21NO. The maximum Gasteiger partial charge on any atom is 0.0914 e. The highest BCUT2D eigenvalue weighted by molar-refractivity contribution is 5.25. The van der Waals surface area contributed by atoms with Crippen LogP contribution in [0.2, 0.25) is 0 Å². The second-order valence-corrected chi connectivity index (χ2v) is 2.18. The lowest BCUT2D eigenvalue weighted by molar-refractivity contribution is 0.214. The second kappa shape index (κ2) is 11.1. The Hall–Kier alpha value is -0.860. The van der Waals surface area contributed by atoms with Gasteiger partial charge in [-0.25, -0.2) is 0 Å². The van der Waals surface area contributed by atoms with Crippen LogP contribution in [0.3, 0.4) is 0 Å². The van der Waals surface area contributed by atoms with Crippen molar-refractivity contribution in [2.24, 2.45) is 0 Å². The molecule has 0 amide bonds. The van der Waals surface area contributed by atoms with Gasteiger partial charge in [-0.1, -0.05) is 45.2 Å². The zero-order valence-electron chi connectivity index (χ0n) is 8.88. The molecule has 0 bridgehead atoms. The van der Waals surface area contributed by atoms with Crippen LogP contribution in [0.15, 0.2) is 37.0 Å². The van der Waals surface area contributed by atoms with E-state index in [9.17, 15) is 5.11 Å². The van der Waals surface area contributed by atoms with Crippen molar-refractivity contribution in [2.75, 3.05) is 13.6 Å². The smallest absolute Gasteiger partial charge is 0.0914 e. The fourth-order valence-corrected chi connectivity index (χ4v) is 0.762. The van der Waals surface area contributed by atoms with Crippen LogP contribution in [-0.4, -0.2) is 24.8 Å². The van der Waals surface area contributed by atoms with E-state index in [0.29, 0.717) is 6.54 Å². The van der Waals surface area contributed by atoms with Gasteiger partial charge in [0.1, 0.15) is 0 Å². The molecule has 0 saturated heterocycles. The minimum Gasteiger partial charge on any atom is -0.387 e. The predicted molar refractivity (Wildman–Crippen MR) is 59.8 cm³/mol. The van der Waals surface area contributed by atoms with Gasteiger partial charge in [0.25, 0.3) is 0 Å². The number of aliphatic hydroxyl groups is 1. The highest BCUT2D eigenvalue weighted by Crippen LogP contribution is 2.02. The molecule has 0 radical (unpaired) electrons. The molecule has 2 N–H and O–H groups in total. The van der Waals surface area contributed by atoms with Gasteiger partial charge in [-0.3, -0.25) is 0 Å². The van der Waals surface area contributed by atoms with E-state index < -0.39 is 6.10 Å². The molecule has 2 heteroatoms. The third-order valence-electron chi connectivity index (χ3n) is 1.33. The van der Waals surface area contributed by atoms with E-state index >= 15 is 0 Å². The first-order chi connectivity index (χ1) is 6.26. The van der Waals surface area contributed by atoms with Crippen LogP contribution in [0.4, 0.5) is 0 Å². The Kier molecular flexibility index (Phi) is 12.6. The molecule has 0 spiro atoms. The lowest BCUT2D eigenvalue weighted by Crippen LogP contribution is -2.24. The molecule has 0 aliphatic heterocycles. The minimum absolute atomic E-state index is 0.490. The lowest BCUT2D eigenvalue weighted by atomic mass is 10.1. The number of nitrogens with one attached hydrogen (secondary N) is 1. The van der Waals surface area contributed by atoms with E-state index in [-0.39, 0.29) is 0 Å². The standard InChI is InChI=1S/C9H15NO.C2H6/c1-4-6-8(5-2)9(11)7-10-3;1-2/h4-6,9-11H,1-2,7H2,3H3;1-2H3/b8-6+;. The number of hydrogen-bond donors (Lipinski definition) is 2. The van der Waals surface area contributed by atoms with Crippen LogP contribution in [0.5, 0.6) is 0 Å². The van der Waals surface area contributed by atoms with Crippen molar-refractivity contribution in [3.63, 3.8) is 0 Å². The number of aliphatic hydroxyl groups excluding tert-OH is 1. The Morgan fingerprint density at radius 2 is 2.00 bits per heavy atom. The molecule has 0 aliphatic rings. The average Bonchev–Trinajstić information content (AvgIpc) is 2.17. The molecule has 0 aromatic carbocycles. The van der Waals surface area contributed by atoms with Crippen molar-refractivity contribution < 1.29 is 5.11 Å². The molecule has 0 rings (SSSR count). The first-order valence-corrected chi connectivity index (χ1v) is 4.54. The SMILES string of the molecule is C=C/C=C(\C=C)C(O)CNC.CC. The van der Waals surface area contributed by atoms with Crippen molar-refractivity contribution in [1.82, 2.24) is 5.32 Å². The molecule has 1 unspecified atom stereocenters. The Bertz CT molecular complexity index is 161. The quantitative estimate of drug-likeness (QED) is 0.638. The fraction of sp³-hybridized carbons (Fsp3) is 0.455. The van der Waals surface area contributed by atoms with E-state index in [1.165, 1.54) is 0 Å². The van der Waals surface area contributed by atoms with Gasteiger partial charge in [-0.2, -0.15) is 0 Å². The van der Waals surface area contributed by atoms with Gasteiger partial charge in [0, 0.05) is 6.54 Å². The van der Waals surface area contributed by atoms with Crippen molar-refractivity contribution in [3.05, 3.63) is 37.0 Å². The van der Waals surface area contributed by atoms with Gasteiger partial charge in [-0.15, -0.1) is 0 Å². The van der Waals surface area contributed by atoms with Crippen LogP contribution in [0.25, 0.3) is 0 Å². The largest absolute Gasteiger partial charge is 0.387 e. The molecule has 0 saturated carbocycles. The van der Waals surface area contributed by atoms with Gasteiger partial charge < -0.3 is 10.4 Å².